The average molecular weight is 457 g/mol. The Kier molecular flexibility index (Phi) is 6.48. The maximum atomic E-state index is 10.0. The van der Waals surface area contributed by atoms with Crippen LogP contribution in [0.3, 0.4) is 0 Å². The van der Waals surface area contributed by atoms with E-state index in [9.17, 15) is 10.2 Å². The van der Waals surface area contributed by atoms with Crippen molar-refractivity contribution >= 4 is 11.1 Å². The van der Waals surface area contributed by atoms with Crippen LogP contribution < -0.4 is 9.47 Å². The number of fused-ring (bicyclic) bond motifs is 1. The zero-order chi connectivity index (χ0) is 23.5. The Morgan fingerprint density at radius 1 is 0.853 bits per heavy atom. The summed E-state index contributed by atoms with van der Waals surface area (Å²) in [5.41, 5.74) is 5.09. The van der Waals surface area contributed by atoms with E-state index in [1.807, 2.05) is 30.3 Å². The minimum absolute atomic E-state index is 0.181. The number of phenolic OH excluding ortho intramolecular Hbond substituents is 2. The lowest BCUT2D eigenvalue weighted by atomic mass is 9.86. The van der Waals surface area contributed by atoms with Crippen LogP contribution in [-0.2, 0) is 0 Å². The van der Waals surface area contributed by atoms with Gasteiger partial charge in [-0.15, -0.1) is 0 Å². The van der Waals surface area contributed by atoms with Crippen molar-refractivity contribution in [2.45, 2.75) is 51.6 Å². The molecule has 0 saturated heterocycles. The second-order valence-corrected chi connectivity index (χ2v) is 9.47. The highest BCUT2D eigenvalue weighted by Crippen LogP contribution is 2.47. The molecule has 1 unspecified atom stereocenters. The van der Waals surface area contributed by atoms with Crippen molar-refractivity contribution < 1.29 is 19.7 Å². The van der Waals surface area contributed by atoms with Gasteiger partial charge in [0.1, 0.15) is 29.1 Å². The van der Waals surface area contributed by atoms with Crippen LogP contribution in [0.1, 0.15) is 68.2 Å². The van der Waals surface area contributed by atoms with Crippen molar-refractivity contribution in [2.24, 2.45) is 5.92 Å². The smallest absolute Gasteiger partial charge is 0.150 e. The molecular weight excluding hydrogens is 424 g/mol. The first kappa shape index (κ1) is 22.4. The summed E-state index contributed by atoms with van der Waals surface area (Å²) < 4.78 is 12.5. The van der Waals surface area contributed by atoms with Gasteiger partial charge >= 0.3 is 0 Å². The molecule has 2 aliphatic rings. The highest BCUT2D eigenvalue weighted by atomic mass is 16.5. The zero-order valence-corrected chi connectivity index (χ0v) is 19.7. The molecule has 1 atom stereocenters. The molecule has 3 aromatic rings. The standard InChI is InChI=1S/C30H32O4/c1-20-27-16-13-25(32)19-28(27)34-30(29(20)22-7-11-24(31)12-8-22)23-9-14-26(15-10-23)33-18-17-21-5-3-2-4-6-21/h7-16,19,21,30-32H,2-6,17-18H2,1H3. The summed E-state index contributed by atoms with van der Waals surface area (Å²) in [6, 6.07) is 20.6. The van der Waals surface area contributed by atoms with Crippen molar-refractivity contribution in [1.82, 2.24) is 0 Å². The maximum absolute atomic E-state index is 10.0. The van der Waals surface area contributed by atoms with Gasteiger partial charge in [-0.05, 0) is 72.4 Å². The van der Waals surface area contributed by atoms with Gasteiger partial charge in [0.15, 0.2) is 0 Å². The quantitative estimate of drug-likeness (QED) is 0.403. The highest BCUT2D eigenvalue weighted by molar-refractivity contribution is 5.95. The summed E-state index contributed by atoms with van der Waals surface area (Å²) in [6.45, 7) is 2.84. The Hall–Kier alpha value is -3.40. The molecular formula is C30H32O4. The first-order chi connectivity index (χ1) is 16.6. The number of ether oxygens (including phenoxy) is 2. The molecule has 0 amide bonds. The molecule has 0 radical (unpaired) electrons. The van der Waals surface area contributed by atoms with Gasteiger partial charge in [-0.3, -0.25) is 0 Å². The van der Waals surface area contributed by atoms with Crippen molar-refractivity contribution in [2.75, 3.05) is 6.61 Å². The van der Waals surface area contributed by atoms with Crippen molar-refractivity contribution in [1.29, 1.82) is 0 Å². The van der Waals surface area contributed by atoms with E-state index in [1.54, 1.807) is 24.3 Å². The number of benzene rings is 3. The van der Waals surface area contributed by atoms with Crippen LogP contribution in [0.2, 0.25) is 0 Å². The van der Waals surface area contributed by atoms with Crippen LogP contribution in [0.15, 0.2) is 66.7 Å². The fourth-order valence-electron chi connectivity index (χ4n) is 5.25. The first-order valence-corrected chi connectivity index (χ1v) is 12.3. The van der Waals surface area contributed by atoms with E-state index in [0.29, 0.717) is 5.75 Å². The Bertz CT molecular complexity index is 1160. The molecule has 0 aromatic heterocycles. The Morgan fingerprint density at radius 3 is 2.29 bits per heavy atom. The SMILES string of the molecule is CC1=C(c2ccc(O)cc2)C(c2ccc(OCCC3CCCCC3)cc2)Oc2cc(O)ccc21. The molecule has 1 heterocycles. The van der Waals surface area contributed by atoms with E-state index in [-0.39, 0.29) is 17.6 Å². The minimum atomic E-state index is -0.338. The normalized spacial score (nSPS) is 18.3. The predicted octanol–water partition coefficient (Wildman–Crippen LogP) is 7.51. The molecule has 4 heteroatoms. The molecule has 2 N–H and O–H groups in total. The molecule has 1 fully saturated rings. The number of hydrogen-bond donors (Lipinski definition) is 2. The summed E-state index contributed by atoms with van der Waals surface area (Å²) in [6.07, 6.45) is 7.56. The molecule has 1 aliphatic carbocycles. The van der Waals surface area contributed by atoms with Gasteiger partial charge in [-0.25, -0.2) is 0 Å². The zero-order valence-electron chi connectivity index (χ0n) is 19.7. The summed E-state index contributed by atoms with van der Waals surface area (Å²) in [7, 11) is 0. The molecule has 3 aromatic carbocycles. The number of rotatable bonds is 6. The lowest BCUT2D eigenvalue weighted by Gasteiger charge is -2.31. The minimum Gasteiger partial charge on any atom is -0.508 e. The second kappa shape index (κ2) is 9.84. The Labute approximate surface area is 201 Å². The van der Waals surface area contributed by atoms with E-state index < -0.39 is 0 Å². The molecule has 1 aliphatic heterocycles. The van der Waals surface area contributed by atoms with E-state index in [4.69, 9.17) is 9.47 Å². The Morgan fingerprint density at radius 2 is 1.56 bits per heavy atom. The molecule has 4 nitrogen and oxygen atoms in total. The monoisotopic (exact) mass is 456 g/mol. The van der Waals surface area contributed by atoms with E-state index in [0.717, 1.165) is 52.5 Å². The first-order valence-electron chi connectivity index (χ1n) is 12.3. The Balaban J connectivity index is 1.39. The van der Waals surface area contributed by atoms with E-state index >= 15 is 0 Å². The lowest BCUT2D eigenvalue weighted by Crippen LogP contribution is -2.16. The number of phenols is 2. The fraction of sp³-hybridized carbons (Fsp3) is 0.333. The van der Waals surface area contributed by atoms with Crippen LogP contribution in [0, 0.1) is 5.92 Å². The third-order valence-electron chi connectivity index (χ3n) is 7.16. The third kappa shape index (κ3) is 4.77. The van der Waals surface area contributed by atoms with Crippen LogP contribution in [0.4, 0.5) is 0 Å². The molecule has 0 spiro atoms. The van der Waals surface area contributed by atoms with Gasteiger partial charge in [-0.1, -0.05) is 56.4 Å². The van der Waals surface area contributed by atoms with E-state index in [2.05, 4.69) is 19.1 Å². The fourth-order valence-corrected chi connectivity index (χ4v) is 5.25. The maximum Gasteiger partial charge on any atom is 0.150 e. The lowest BCUT2D eigenvalue weighted by molar-refractivity contribution is 0.245. The van der Waals surface area contributed by atoms with Gasteiger partial charge in [0, 0.05) is 17.2 Å². The summed E-state index contributed by atoms with van der Waals surface area (Å²) in [4.78, 5) is 0. The third-order valence-corrected chi connectivity index (χ3v) is 7.16. The second-order valence-electron chi connectivity index (χ2n) is 9.47. The van der Waals surface area contributed by atoms with Crippen LogP contribution >= 0.6 is 0 Å². The predicted molar refractivity (Wildman–Crippen MR) is 135 cm³/mol. The summed E-state index contributed by atoms with van der Waals surface area (Å²) >= 11 is 0. The van der Waals surface area contributed by atoms with Crippen molar-refractivity contribution in [3.63, 3.8) is 0 Å². The molecule has 176 valence electrons. The van der Waals surface area contributed by atoms with Crippen molar-refractivity contribution in [3.05, 3.63) is 83.4 Å². The van der Waals surface area contributed by atoms with Gasteiger partial charge in [0.25, 0.3) is 0 Å². The van der Waals surface area contributed by atoms with Crippen LogP contribution in [0.25, 0.3) is 11.1 Å². The van der Waals surface area contributed by atoms with Gasteiger partial charge in [0.05, 0.1) is 6.61 Å². The summed E-state index contributed by atoms with van der Waals surface area (Å²) in [5.74, 6) is 2.76. The highest BCUT2D eigenvalue weighted by Gasteiger charge is 2.29. The number of hydrogen-bond acceptors (Lipinski definition) is 4. The largest absolute Gasteiger partial charge is 0.508 e. The topological polar surface area (TPSA) is 58.9 Å². The van der Waals surface area contributed by atoms with E-state index in [1.165, 1.54) is 32.1 Å². The number of aromatic hydroxyl groups is 2. The molecule has 34 heavy (non-hydrogen) atoms. The van der Waals surface area contributed by atoms with Crippen LogP contribution in [-0.4, -0.2) is 16.8 Å². The summed E-state index contributed by atoms with van der Waals surface area (Å²) in [5, 5.41) is 19.8. The number of allylic oxidation sites excluding steroid dienone is 1. The van der Waals surface area contributed by atoms with Crippen molar-refractivity contribution in [3.8, 4) is 23.0 Å². The van der Waals surface area contributed by atoms with Gasteiger partial charge in [0.2, 0.25) is 0 Å². The average Bonchev–Trinajstić information content (AvgIpc) is 2.86. The molecule has 0 bridgehead atoms. The van der Waals surface area contributed by atoms with Crippen LogP contribution in [0.5, 0.6) is 23.0 Å². The van der Waals surface area contributed by atoms with Gasteiger partial charge < -0.3 is 19.7 Å². The van der Waals surface area contributed by atoms with Gasteiger partial charge in [-0.2, -0.15) is 0 Å². The molecule has 5 rings (SSSR count). The molecule has 1 saturated carbocycles.